The van der Waals surface area contributed by atoms with Crippen LogP contribution in [0, 0.1) is 6.92 Å². The van der Waals surface area contributed by atoms with Gasteiger partial charge >= 0.3 is 0 Å². The summed E-state index contributed by atoms with van der Waals surface area (Å²) in [7, 11) is 0. The lowest BCUT2D eigenvalue weighted by atomic mass is 10.2. The van der Waals surface area contributed by atoms with Crippen LogP contribution in [0.3, 0.4) is 0 Å². The minimum absolute atomic E-state index is 0.636. The van der Waals surface area contributed by atoms with Gasteiger partial charge in [0.15, 0.2) is 5.75 Å². The van der Waals surface area contributed by atoms with Gasteiger partial charge in [-0.1, -0.05) is 18.2 Å². The molecule has 0 aliphatic heterocycles. The van der Waals surface area contributed by atoms with Crippen LogP contribution in [-0.4, -0.2) is 4.98 Å². The number of ether oxygens (including phenoxy) is 1. The van der Waals surface area contributed by atoms with Crippen LogP contribution in [0.15, 0.2) is 30.3 Å². The maximum atomic E-state index is 5.93. The Morgan fingerprint density at radius 1 is 1.17 bits per heavy atom. The van der Waals surface area contributed by atoms with Crippen molar-refractivity contribution in [2.45, 2.75) is 26.2 Å². The molecule has 0 spiro atoms. The third-order valence-electron chi connectivity index (χ3n) is 3.35. The Balaban J connectivity index is 1.93. The molecule has 2 N–H and O–H groups in total. The average molecular weight is 240 g/mol. The topological polar surface area (TPSA) is 48.1 Å². The monoisotopic (exact) mass is 240 g/mol. The largest absolute Gasteiger partial charge is 0.437 e. The zero-order chi connectivity index (χ0) is 12.5. The lowest BCUT2D eigenvalue weighted by Crippen LogP contribution is -1.97. The molecule has 0 fully saturated rings. The van der Waals surface area contributed by atoms with Crippen molar-refractivity contribution in [3.05, 3.63) is 47.2 Å². The average Bonchev–Trinajstić information content (AvgIpc) is 2.81. The second-order valence-corrected chi connectivity index (χ2v) is 4.70. The Kier molecular flexibility index (Phi) is 2.67. The Bertz CT molecular complexity index is 573. The van der Waals surface area contributed by atoms with Gasteiger partial charge in [0.1, 0.15) is 0 Å². The van der Waals surface area contributed by atoms with Crippen molar-refractivity contribution in [2.75, 3.05) is 5.73 Å². The Labute approximate surface area is 107 Å². The van der Waals surface area contributed by atoms with Crippen LogP contribution in [0.4, 0.5) is 5.69 Å². The standard InChI is InChI=1S/C15H16N2O/c1-10-4-2-6-12(16)15(10)18-14-9-8-11-5-3-7-13(11)17-14/h2,4,6,8-9H,3,5,7,16H2,1H3. The summed E-state index contributed by atoms with van der Waals surface area (Å²) in [5.41, 5.74) is 10.1. The molecule has 3 nitrogen and oxygen atoms in total. The fourth-order valence-corrected chi connectivity index (χ4v) is 2.38. The first kappa shape index (κ1) is 11.1. The molecule has 1 aromatic carbocycles. The molecule has 3 heteroatoms. The van der Waals surface area contributed by atoms with E-state index in [0.717, 1.165) is 18.4 Å². The van der Waals surface area contributed by atoms with Crippen LogP contribution in [0.1, 0.15) is 23.2 Å². The van der Waals surface area contributed by atoms with Crippen molar-refractivity contribution in [1.29, 1.82) is 0 Å². The number of fused-ring (bicyclic) bond motifs is 1. The second-order valence-electron chi connectivity index (χ2n) is 4.70. The van der Waals surface area contributed by atoms with Crippen LogP contribution < -0.4 is 10.5 Å². The van der Waals surface area contributed by atoms with E-state index in [9.17, 15) is 0 Å². The highest BCUT2D eigenvalue weighted by Gasteiger charge is 2.14. The van der Waals surface area contributed by atoms with E-state index in [0.29, 0.717) is 17.3 Å². The van der Waals surface area contributed by atoms with Crippen molar-refractivity contribution in [1.82, 2.24) is 4.98 Å². The van der Waals surface area contributed by atoms with Gasteiger partial charge in [0.25, 0.3) is 0 Å². The normalized spacial score (nSPS) is 13.4. The molecule has 3 rings (SSSR count). The summed E-state index contributed by atoms with van der Waals surface area (Å²) in [5, 5.41) is 0. The summed E-state index contributed by atoms with van der Waals surface area (Å²) in [5.74, 6) is 1.35. The molecule has 1 aromatic heterocycles. The first-order chi connectivity index (χ1) is 8.74. The number of benzene rings is 1. The summed E-state index contributed by atoms with van der Waals surface area (Å²) in [4.78, 5) is 4.55. The minimum Gasteiger partial charge on any atom is -0.437 e. The van der Waals surface area contributed by atoms with Gasteiger partial charge in [-0.2, -0.15) is 0 Å². The van der Waals surface area contributed by atoms with E-state index in [2.05, 4.69) is 11.1 Å². The summed E-state index contributed by atoms with van der Waals surface area (Å²) < 4.78 is 5.83. The lowest BCUT2D eigenvalue weighted by molar-refractivity contribution is 0.460. The number of aromatic nitrogens is 1. The van der Waals surface area contributed by atoms with Gasteiger partial charge in [0.2, 0.25) is 5.88 Å². The van der Waals surface area contributed by atoms with E-state index in [4.69, 9.17) is 10.5 Å². The van der Waals surface area contributed by atoms with Crippen molar-refractivity contribution >= 4 is 5.69 Å². The van der Waals surface area contributed by atoms with Crippen LogP contribution in [0.2, 0.25) is 0 Å². The molecule has 0 amide bonds. The molecular formula is C15H16N2O. The number of rotatable bonds is 2. The quantitative estimate of drug-likeness (QED) is 0.820. The Morgan fingerprint density at radius 3 is 2.89 bits per heavy atom. The number of nitrogens with zero attached hydrogens (tertiary/aromatic N) is 1. The molecule has 0 unspecified atom stereocenters. The molecule has 0 saturated heterocycles. The molecule has 0 saturated carbocycles. The number of nitrogen functional groups attached to an aromatic ring is 1. The van der Waals surface area contributed by atoms with Gasteiger partial charge in [-0.3, -0.25) is 0 Å². The van der Waals surface area contributed by atoms with E-state index in [-0.39, 0.29) is 0 Å². The van der Waals surface area contributed by atoms with E-state index in [1.165, 1.54) is 17.7 Å². The molecule has 0 radical (unpaired) electrons. The van der Waals surface area contributed by atoms with E-state index < -0.39 is 0 Å². The fourth-order valence-electron chi connectivity index (χ4n) is 2.38. The van der Waals surface area contributed by atoms with Gasteiger partial charge in [0.05, 0.1) is 5.69 Å². The number of hydrogen-bond donors (Lipinski definition) is 1. The third kappa shape index (κ3) is 1.92. The number of anilines is 1. The van der Waals surface area contributed by atoms with Crippen molar-refractivity contribution in [3.63, 3.8) is 0 Å². The molecule has 1 aliphatic rings. The molecule has 1 heterocycles. The van der Waals surface area contributed by atoms with Crippen LogP contribution in [0.5, 0.6) is 11.6 Å². The maximum Gasteiger partial charge on any atom is 0.219 e. The minimum atomic E-state index is 0.636. The highest BCUT2D eigenvalue weighted by atomic mass is 16.5. The zero-order valence-electron chi connectivity index (χ0n) is 10.4. The lowest BCUT2D eigenvalue weighted by Gasteiger charge is -2.11. The third-order valence-corrected chi connectivity index (χ3v) is 3.35. The molecule has 0 bridgehead atoms. The number of aryl methyl sites for hydroxylation is 3. The molecule has 18 heavy (non-hydrogen) atoms. The van der Waals surface area contributed by atoms with Gasteiger partial charge in [-0.15, -0.1) is 0 Å². The number of pyridine rings is 1. The predicted molar refractivity (Wildman–Crippen MR) is 71.9 cm³/mol. The SMILES string of the molecule is Cc1cccc(N)c1Oc1ccc2c(n1)CCC2. The van der Waals surface area contributed by atoms with Crippen LogP contribution in [0.25, 0.3) is 0 Å². The molecule has 1 aliphatic carbocycles. The van der Waals surface area contributed by atoms with Gasteiger partial charge in [0, 0.05) is 11.8 Å². The van der Waals surface area contributed by atoms with E-state index in [1.807, 2.05) is 31.2 Å². The summed E-state index contributed by atoms with van der Waals surface area (Å²) in [6.45, 7) is 1.99. The van der Waals surface area contributed by atoms with Gasteiger partial charge in [-0.05, 0) is 43.4 Å². The van der Waals surface area contributed by atoms with Crippen LogP contribution >= 0.6 is 0 Å². The summed E-state index contributed by atoms with van der Waals surface area (Å²) >= 11 is 0. The highest BCUT2D eigenvalue weighted by Crippen LogP contribution is 2.31. The van der Waals surface area contributed by atoms with Crippen molar-refractivity contribution in [3.8, 4) is 11.6 Å². The first-order valence-corrected chi connectivity index (χ1v) is 6.26. The van der Waals surface area contributed by atoms with E-state index in [1.54, 1.807) is 0 Å². The predicted octanol–water partition coefficient (Wildman–Crippen LogP) is 3.25. The van der Waals surface area contributed by atoms with Gasteiger partial charge < -0.3 is 10.5 Å². The van der Waals surface area contributed by atoms with Crippen molar-refractivity contribution < 1.29 is 4.74 Å². The second kappa shape index (κ2) is 4.33. The van der Waals surface area contributed by atoms with Gasteiger partial charge in [-0.25, -0.2) is 4.98 Å². The van der Waals surface area contributed by atoms with Crippen LogP contribution in [-0.2, 0) is 12.8 Å². The smallest absolute Gasteiger partial charge is 0.219 e. The number of para-hydroxylation sites is 1. The summed E-state index contributed by atoms with van der Waals surface area (Å²) in [6.07, 6.45) is 3.38. The Hall–Kier alpha value is -2.03. The fraction of sp³-hybridized carbons (Fsp3) is 0.267. The molecular weight excluding hydrogens is 224 g/mol. The highest BCUT2D eigenvalue weighted by molar-refractivity contribution is 5.57. The van der Waals surface area contributed by atoms with E-state index >= 15 is 0 Å². The molecule has 92 valence electrons. The number of nitrogens with two attached hydrogens (primary N) is 1. The summed E-state index contributed by atoms with van der Waals surface area (Å²) in [6, 6.07) is 9.79. The van der Waals surface area contributed by atoms with Crippen molar-refractivity contribution in [2.24, 2.45) is 0 Å². The Morgan fingerprint density at radius 2 is 2.06 bits per heavy atom. The molecule has 0 atom stereocenters. The maximum absolute atomic E-state index is 5.93. The molecule has 2 aromatic rings. The first-order valence-electron chi connectivity index (χ1n) is 6.26. The zero-order valence-corrected chi connectivity index (χ0v) is 10.4. The number of hydrogen-bond acceptors (Lipinski definition) is 3.